The van der Waals surface area contributed by atoms with E-state index in [-0.39, 0.29) is 0 Å². The molecular weight excluding hydrogens is 228 g/mol. The third-order valence-electron chi connectivity index (χ3n) is 2.37. The Morgan fingerprint density at radius 1 is 0.833 bits per heavy atom. The van der Waals surface area contributed by atoms with Crippen LogP contribution in [0, 0.1) is 0 Å². The Balaban J connectivity index is 0.000000111. The van der Waals surface area contributed by atoms with Crippen molar-refractivity contribution in [3.8, 4) is 0 Å². The number of nitrogens with zero attached hydrogens (tertiary/aromatic N) is 6. The molecule has 18 heavy (non-hydrogen) atoms. The number of aromatic nitrogens is 6. The number of rotatable bonds is 0. The number of hydrogen-bond donors (Lipinski definition) is 0. The highest BCUT2D eigenvalue weighted by atomic mass is 15.2. The van der Waals surface area contributed by atoms with Crippen LogP contribution in [0.5, 0.6) is 0 Å². The third kappa shape index (κ3) is 2.03. The fraction of sp³-hybridized carbons (Fsp3) is 0. The zero-order valence-electron chi connectivity index (χ0n) is 9.46. The Morgan fingerprint density at radius 3 is 2.56 bits per heavy atom. The highest BCUT2D eigenvalue weighted by Crippen LogP contribution is 1.94. The molecule has 0 aliphatic rings. The second-order valence-electron chi connectivity index (χ2n) is 3.52. The normalized spacial score (nSPS) is 10.2. The molecule has 0 aromatic carbocycles. The van der Waals surface area contributed by atoms with Crippen molar-refractivity contribution in [2.24, 2.45) is 0 Å². The van der Waals surface area contributed by atoms with E-state index in [1.165, 1.54) is 0 Å². The molecule has 0 saturated heterocycles. The lowest BCUT2D eigenvalue weighted by Gasteiger charge is -1.86. The molecule has 6 heteroatoms. The SMILES string of the molecule is c1cn2ccnc2cn1.c1cnn2ccnc2c1. The summed E-state index contributed by atoms with van der Waals surface area (Å²) in [6, 6.07) is 3.77. The Morgan fingerprint density at radius 2 is 1.67 bits per heavy atom. The molecule has 0 unspecified atom stereocenters. The maximum absolute atomic E-state index is 4.02. The number of fused-ring (bicyclic) bond motifs is 2. The molecule has 88 valence electrons. The summed E-state index contributed by atoms with van der Waals surface area (Å²) in [6.45, 7) is 0. The summed E-state index contributed by atoms with van der Waals surface area (Å²) < 4.78 is 3.63. The summed E-state index contributed by atoms with van der Waals surface area (Å²) in [4.78, 5) is 11.9. The number of imidazole rings is 2. The van der Waals surface area contributed by atoms with Gasteiger partial charge in [0.15, 0.2) is 11.3 Å². The molecule has 0 spiro atoms. The molecule has 0 aliphatic carbocycles. The van der Waals surface area contributed by atoms with Gasteiger partial charge in [-0.1, -0.05) is 0 Å². The fourth-order valence-electron chi connectivity index (χ4n) is 1.54. The van der Waals surface area contributed by atoms with E-state index in [9.17, 15) is 0 Å². The van der Waals surface area contributed by atoms with Gasteiger partial charge >= 0.3 is 0 Å². The molecule has 6 nitrogen and oxygen atoms in total. The van der Waals surface area contributed by atoms with Crippen LogP contribution in [0.3, 0.4) is 0 Å². The third-order valence-corrected chi connectivity index (χ3v) is 2.37. The van der Waals surface area contributed by atoms with Crippen LogP contribution in [0.1, 0.15) is 0 Å². The van der Waals surface area contributed by atoms with E-state index in [0.717, 1.165) is 11.3 Å². The molecule has 0 saturated carbocycles. The Kier molecular flexibility index (Phi) is 2.67. The summed E-state index contributed by atoms with van der Waals surface area (Å²) in [6.07, 6.45) is 14.2. The Bertz CT molecular complexity index is 631. The molecule has 4 rings (SSSR count). The van der Waals surface area contributed by atoms with Crippen molar-refractivity contribution in [2.75, 3.05) is 0 Å². The van der Waals surface area contributed by atoms with Gasteiger partial charge in [0.05, 0.1) is 6.20 Å². The molecule has 0 radical (unpaired) electrons. The molecule has 0 fully saturated rings. The fourth-order valence-corrected chi connectivity index (χ4v) is 1.54. The van der Waals surface area contributed by atoms with E-state index in [1.807, 2.05) is 35.1 Å². The van der Waals surface area contributed by atoms with Crippen molar-refractivity contribution >= 4 is 11.3 Å². The molecule has 0 bridgehead atoms. The molecule has 0 N–H and O–H groups in total. The summed E-state index contributed by atoms with van der Waals surface area (Å²) in [5.74, 6) is 0. The van der Waals surface area contributed by atoms with Gasteiger partial charge in [0, 0.05) is 43.4 Å². The predicted octanol–water partition coefficient (Wildman–Crippen LogP) is 1.46. The van der Waals surface area contributed by atoms with E-state index >= 15 is 0 Å². The van der Waals surface area contributed by atoms with Crippen molar-refractivity contribution in [3.63, 3.8) is 0 Å². The zero-order chi connectivity index (χ0) is 12.2. The first kappa shape index (κ1) is 10.4. The minimum Gasteiger partial charge on any atom is -0.304 e. The molecule has 0 atom stereocenters. The van der Waals surface area contributed by atoms with E-state index < -0.39 is 0 Å². The second-order valence-corrected chi connectivity index (χ2v) is 3.52. The van der Waals surface area contributed by atoms with Gasteiger partial charge in [0.2, 0.25) is 0 Å². The minimum absolute atomic E-state index is 0.887. The lowest BCUT2D eigenvalue weighted by Crippen LogP contribution is -1.85. The molecule has 0 aliphatic heterocycles. The Labute approximate surface area is 103 Å². The highest BCUT2D eigenvalue weighted by Gasteiger charge is 1.87. The maximum Gasteiger partial charge on any atom is 0.155 e. The van der Waals surface area contributed by atoms with Crippen molar-refractivity contribution < 1.29 is 0 Å². The van der Waals surface area contributed by atoms with Crippen molar-refractivity contribution in [1.82, 2.24) is 29.0 Å². The summed E-state index contributed by atoms with van der Waals surface area (Å²) >= 11 is 0. The number of hydrogen-bond acceptors (Lipinski definition) is 4. The largest absolute Gasteiger partial charge is 0.304 e. The van der Waals surface area contributed by atoms with Crippen LogP contribution in [-0.4, -0.2) is 29.0 Å². The predicted molar refractivity (Wildman–Crippen MR) is 66.0 cm³/mol. The highest BCUT2D eigenvalue weighted by molar-refractivity contribution is 5.34. The zero-order valence-corrected chi connectivity index (χ0v) is 9.46. The topological polar surface area (TPSA) is 60.4 Å². The van der Waals surface area contributed by atoms with Gasteiger partial charge in [0.1, 0.15) is 0 Å². The summed E-state index contributed by atoms with van der Waals surface area (Å²) in [7, 11) is 0. The van der Waals surface area contributed by atoms with Gasteiger partial charge in [-0.05, 0) is 12.1 Å². The van der Waals surface area contributed by atoms with Crippen molar-refractivity contribution in [3.05, 3.63) is 61.7 Å². The minimum atomic E-state index is 0.887. The average Bonchev–Trinajstić information content (AvgIpc) is 3.08. The van der Waals surface area contributed by atoms with E-state index in [1.54, 1.807) is 35.5 Å². The van der Waals surface area contributed by atoms with E-state index in [2.05, 4.69) is 20.1 Å². The van der Waals surface area contributed by atoms with Gasteiger partial charge in [-0.15, -0.1) is 0 Å². The summed E-state index contributed by atoms with van der Waals surface area (Å²) in [5, 5.41) is 4.00. The first-order chi connectivity index (χ1) is 8.93. The van der Waals surface area contributed by atoms with E-state index in [4.69, 9.17) is 0 Å². The van der Waals surface area contributed by atoms with Crippen LogP contribution >= 0.6 is 0 Å². The van der Waals surface area contributed by atoms with Gasteiger partial charge < -0.3 is 4.40 Å². The molecule has 4 aromatic rings. The molecular formula is C12H10N6. The van der Waals surface area contributed by atoms with Gasteiger partial charge in [0.25, 0.3) is 0 Å². The molecule has 0 amide bonds. The van der Waals surface area contributed by atoms with Crippen LogP contribution < -0.4 is 0 Å². The summed E-state index contributed by atoms with van der Waals surface area (Å²) in [5.41, 5.74) is 1.77. The van der Waals surface area contributed by atoms with Crippen molar-refractivity contribution in [2.45, 2.75) is 0 Å². The van der Waals surface area contributed by atoms with Crippen LogP contribution in [0.4, 0.5) is 0 Å². The van der Waals surface area contributed by atoms with Crippen LogP contribution in [0.25, 0.3) is 11.3 Å². The second kappa shape index (κ2) is 4.62. The standard InChI is InChI=1S/2C6H5N3/c1-3-9-4-2-8-6(9)5-7-1;1-2-6-7-4-5-9(6)8-3-1/h2*1-5H. The Hall–Kier alpha value is -2.76. The lowest BCUT2D eigenvalue weighted by atomic mass is 10.6. The van der Waals surface area contributed by atoms with Gasteiger partial charge in [-0.25, -0.2) is 14.5 Å². The van der Waals surface area contributed by atoms with Gasteiger partial charge in [-0.2, -0.15) is 5.10 Å². The van der Waals surface area contributed by atoms with Crippen LogP contribution in [-0.2, 0) is 0 Å². The first-order valence-electron chi connectivity index (χ1n) is 5.40. The maximum atomic E-state index is 4.02. The first-order valence-corrected chi connectivity index (χ1v) is 5.40. The van der Waals surface area contributed by atoms with Gasteiger partial charge in [-0.3, -0.25) is 4.98 Å². The molecule has 4 heterocycles. The van der Waals surface area contributed by atoms with E-state index in [0.29, 0.717) is 0 Å². The smallest absolute Gasteiger partial charge is 0.155 e. The van der Waals surface area contributed by atoms with Crippen LogP contribution in [0.15, 0.2) is 61.7 Å². The van der Waals surface area contributed by atoms with Crippen LogP contribution in [0.2, 0.25) is 0 Å². The molecule has 4 aromatic heterocycles. The monoisotopic (exact) mass is 238 g/mol. The average molecular weight is 238 g/mol. The van der Waals surface area contributed by atoms with Crippen molar-refractivity contribution in [1.29, 1.82) is 0 Å². The lowest BCUT2D eigenvalue weighted by molar-refractivity contribution is 0.936. The quantitative estimate of drug-likeness (QED) is 0.465.